The molecule has 0 aliphatic carbocycles. The van der Waals surface area contributed by atoms with Crippen LogP contribution in [0.25, 0.3) is 0 Å². The molecule has 0 bridgehead atoms. The zero-order chi connectivity index (χ0) is 19.5. The van der Waals surface area contributed by atoms with E-state index in [-0.39, 0.29) is 0 Å². The fourth-order valence-corrected chi connectivity index (χ4v) is 16.3. The molecule has 0 amide bonds. The first kappa shape index (κ1) is 23.0. The third-order valence-electron chi connectivity index (χ3n) is 3.19. The van der Waals surface area contributed by atoms with Crippen LogP contribution >= 0.6 is 0 Å². The van der Waals surface area contributed by atoms with Crippen molar-refractivity contribution in [2.24, 2.45) is 0 Å². The van der Waals surface area contributed by atoms with E-state index in [9.17, 15) is 0 Å². The van der Waals surface area contributed by atoms with Crippen molar-refractivity contribution in [1.82, 2.24) is 0 Å². The molecule has 0 N–H and O–H groups in total. The molecular weight excluding hydrogens is 377 g/mol. The lowest BCUT2D eigenvalue weighted by Gasteiger charge is -2.43. The lowest BCUT2D eigenvalue weighted by molar-refractivity contribution is 0.273. The van der Waals surface area contributed by atoms with Crippen LogP contribution < -0.4 is 5.19 Å². The summed E-state index contributed by atoms with van der Waals surface area (Å²) in [4.78, 5) is 0. The molecule has 0 unspecified atom stereocenters. The van der Waals surface area contributed by atoms with Crippen LogP contribution in [0.5, 0.6) is 0 Å². The zero-order valence-corrected chi connectivity index (χ0v) is 21.9. The first-order valence-electron chi connectivity index (χ1n) is 9.36. The van der Waals surface area contributed by atoms with Crippen molar-refractivity contribution in [1.29, 1.82) is 0 Å². The Morgan fingerprint density at radius 2 is 1.08 bits per heavy atom. The zero-order valence-electron chi connectivity index (χ0n) is 17.9. The van der Waals surface area contributed by atoms with Crippen molar-refractivity contribution in [2.75, 3.05) is 0 Å². The minimum absolute atomic E-state index is 1.03. The molecule has 1 rings (SSSR count). The van der Waals surface area contributed by atoms with Gasteiger partial charge in [0.25, 0.3) is 0 Å². The van der Waals surface area contributed by atoms with Gasteiger partial charge >= 0.3 is 8.80 Å². The molecular formula is C18H38O3Si4. The van der Waals surface area contributed by atoms with E-state index in [2.05, 4.69) is 90.1 Å². The van der Waals surface area contributed by atoms with Gasteiger partial charge in [0.1, 0.15) is 0 Å². The summed E-state index contributed by atoms with van der Waals surface area (Å²) in [7, 11) is -8.57. The first-order valence-corrected chi connectivity index (χ1v) is 21.3. The van der Waals surface area contributed by atoms with Gasteiger partial charge in [0, 0.05) is 5.19 Å². The van der Waals surface area contributed by atoms with E-state index >= 15 is 0 Å². The van der Waals surface area contributed by atoms with Crippen molar-refractivity contribution in [2.45, 2.75) is 78.7 Å². The molecule has 0 saturated heterocycles. The maximum absolute atomic E-state index is 6.85. The maximum Gasteiger partial charge on any atom is 0.506 e. The Hall–Kier alpha value is -0.0325. The van der Waals surface area contributed by atoms with Crippen LogP contribution in [0.2, 0.25) is 58.9 Å². The minimum Gasteiger partial charge on any atom is -0.414 e. The van der Waals surface area contributed by atoms with Gasteiger partial charge in [-0.1, -0.05) is 37.6 Å². The number of aryl methyl sites for hydroxylation is 1. The normalized spacial score (nSPS) is 14.0. The summed E-state index contributed by atoms with van der Waals surface area (Å²) in [6, 6.07) is 8.63. The van der Waals surface area contributed by atoms with E-state index in [4.69, 9.17) is 12.3 Å². The largest absolute Gasteiger partial charge is 0.506 e. The molecule has 0 spiro atoms. The number of rotatable bonds is 9. The molecule has 3 nitrogen and oxygen atoms in total. The highest BCUT2D eigenvalue weighted by Crippen LogP contribution is 2.27. The number of hydrogen-bond donors (Lipinski definition) is 0. The number of hydrogen-bond acceptors (Lipinski definition) is 3. The van der Waals surface area contributed by atoms with E-state index in [1.165, 1.54) is 10.8 Å². The minimum atomic E-state index is -2.97. The van der Waals surface area contributed by atoms with Gasteiger partial charge in [-0.25, -0.2) is 0 Å². The molecule has 0 saturated carbocycles. The molecule has 1 aromatic rings. The van der Waals surface area contributed by atoms with Crippen LogP contribution in [-0.2, 0) is 18.8 Å². The Kier molecular flexibility index (Phi) is 7.66. The predicted molar refractivity (Wildman–Crippen MR) is 119 cm³/mol. The highest BCUT2D eigenvalue weighted by Gasteiger charge is 2.52. The van der Waals surface area contributed by atoms with Gasteiger partial charge in [-0.2, -0.15) is 0 Å². The van der Waals surface area contributed by atoms with Crippen molar-refractivity contribution in [3.8, 4) is 0 Å². The second kappa shape index (κ2) is 8.33. The molecule has 0 radical (unpaired) electrons. The average Bonchev–Trinajstić information content (AvgIpc) is 2.33. The Morgan fingerprint density at radius 3 is 1.44 bits per heavy atom. The van der Waals surface area contributed by atoms with E-state index in [1.807, 2.05) is 0 Å². The van der Waals surface area contributed by atoms with Gasteiger partial charge in [0.15, 0.2) is 25.0 Å². The van der Waals surface area contributed by atoms with Gasteiger partial charge in [-0.15, -0.1) is 0 Å². The van der Waals surface area contributed by atoms with E-state index < -0.39 is 33.8 Å². The summed E-state index contributed by atoms with van der Waals surface area (Å²) >= 11 is 0. The fourth-order valence-electron chi connectivity index (χ4n) is 2.74. The number of benzene rings is 1. The summed E-state index contributed by atoms with van der Waals surface area (Å²) in [5.74, 6) is 0. The molecule has 0 aliphatic rings. The van der Waals surface area contributed by atoms with Gasteiger partial charge in [0.05, 0.1) is 0 Å². The van der Waals surface area contributed by atoms with E-state index in [0.717, 1.165) is 12.8 Å². The quantitative estimate of drug-likeness (QED) is 0.510. The van der Waals surface area contributed by atoms with Crippen LogP contribution in [0.3, 0.4) is 0 Å². The molecule has 1 aromatic carbocycles. The van der Waals surface area contributed by atoms with Gasteiger partial charge in [-0.3, -0.25) is 0 Å². The van der Waals surface area contributed by atoms with Gasteiger partial charge in [-0.05, 0) is 70.9 Å². The Balaban J connectivity index is 3.62. The lowest BCUT2D eigenvalue weighted by Crippen LogP contribution is -2.68. The summed E-state index contributed by atoms with van der Waals surface area (Å²) in [5, 5.41) is 1.20. The predicted octanol–water partition coefficient (Wildman–Crippen LogP) is 5.34. The van der Waals surface area contributed by atoms with E-state index in [1.54, 1.807) is 0 Å². The van der Waals surface area contributed by atoms with Crippen molar-refractivity contribution in [3.63, 3.8) is 0 Å². The van der Waals surface area contributed by atoms with Crippen LogP contribution in [0, 0.1) is 0 Å². The third-order valence-corrected chi connectivity index (χ3v) is 14.9. The first-order chi connectivity index (χ1) is 11.2. The topological polar surface area (TPSA) is 27.7 Å². The Bertz CT molecular complexity index is 516. The van der Waals surface area contributed by atoms with Gasteiger partial charge < -0.3 is 12.3 Å². The van der Waals surface area contributed by atoms with Crippen LogP contribution in [-0.4, -0.2) is 33.8 Å². The van der Waals surface area contributed by atoms with Crippen molar-refractivity contribution in [3.05, 3.63) is 29.8 Å². The second-order valence-electron chi connectivity index (χ2n) is 9.61. The van der Waals surface area contributed by atoms with E-state index in [0.29, 0.717) is 0 Å². The highest BCUT2D eigenvalue weighted by atomic mass is 28.5. The molecule has 25 heavy (non-hydrogen) atoms. The Labute approximate surface area is 159 Å². The summed E-state index contributed by atoms with van der Waals surface area (Å²) in [6.45, 7) is 22.3. The standard InChI is InChI=1S/C18H38O3Si4/c1-11-14-17-15-12-13-16-18(17)25(19-22(2,3)4,20-23(5,6)7)21-24(8,9)10/h12-13,15-16H,11,14H2,1-10H3. The molecule has 0 fully saturated rings. The van der Waals surface area contributed by atoms with Crippen LogP contribution in [0.15, 0.2) is 24.3 Å². The molecule has 144 valence electrons. The Morgan fingerprint density at radius 1 is 0.680 bits per heavy atom. The van der Waals surface area contributed by atoms with Crippen LogP contribution in [0.4, 0.5) is 0 Å². The molecule has 7 heteroatoms. The molecule has 0 heterocycles. The lowest BCUT2D eigenvalue weighted by atomic mass is 10.1. The SMILES string of the molecule is CCCc1ccccc1[Si](O[Si](C)(C)C)(O[Si](C)(C)C)O[Si](C)(C)C. The molecule has 0 aliphatic heterocycles. The molecule has 0 atom stereocenters. The van der Waals surface area contributed by atoms with Crippen molar-refractivity contribution < 1.29 is 12.3 Å². The second-order valence-corrected chi connectivity index (χ2v) is 26.4. The smallest absolute Gasteiger partial charge is 0.414 e. The maximum atomic E-state index is 6.85. The van der Waals surface area contributed by atoms with Crippen LogP contribution in [0.1, 0.15) is 18.9 Å². The summed E-state index contributed by atoms with van der Waals surface area (Å²) in [5.41, 5.74) is 1.33. The summed E-state index contributed by atoms with van der Waals surface area (Å²) in [6.07, 6.45) is 2.14. The molecule has 0 aromatic heterocycles. The van der Waals surface area contributed by atoms with Crippen molar-refractivity contribution >= 4 is 38.9 Å². The summed E-state index contributed by atoms with van der Waals surface area (Å²) < 4.78 is 20.6. The third kappa shape index (κ3) is 8.02. The fraction of sp³-hybridized carbons (Fsp3) is 0.667. The monoisotopic (exact) mass is 414 g/mol. The average molecular weight is 415 g/mol. The highest BCUT2D eigenvalue weighted by molar-refractivity contribution is 6.95. The van der Waals surface area contributed by atoms with Gasteiger partial charge in [0.2, 0.25) is 0 Å².